The molecular weight excluding hydrogens is 354 g/mol. The first-order valence-corrected chi connectivity index (χ1v) is 8.56. The average molecular weight is 368 g/mol. The number of rotatable bonds is 5. The predicted octanol–water partition coefficient (Wildman–Crippen LogP) is 2.70. The van der Waals surface area contributed by atoms with Gasteiger partial charge in [0.2, 0.25) is 0 Å². The molecule has 0 spiro atoms. The summed E-state index contributed by atoms with van der Waals surface area (Å²) < 4.78 is 10.6. The van der Waals surface area contributed by atoms with Crippen LogP contribution < -0.4 is 10.6 Å². The van der Waals surface area contributed by atoms with Crippen molar-refractivity contribution in [2.75, 3.05) is 18.9 Å². The third kappa shape index (κ3) is 3.65. The summed E-state index contributed by atoms with van der Waals surface area (Å²) in [5, 5.41) is 6.18. The Bertz CT molecular complexity index is 833. The third-order valence-electron chi connectivity index (χ3n) is 3.25. The Morgan fingerprint density at radius 3 is 3.12 bits per heavy atom. The van der Waals surface area contributed by atoms with Crippen molar-refractivity contribution >= 4 is 46.5 Å². The fraction of sp³-hybridized carbons (Fsp3) is 0.267. The van der Waals surface area contributed by atoms with Gasteiger partial charge in [-0.1, -0.05) is 23.4 Å². The second-order valence-electron chi connectivity index (χ2n) is 4.87. The molecule has 0 unspecified atom stereocenters. The number of urea groups is 1. The maximum absolute atomic E-state index is 12.0. The van der Waals surface area contributed by atoms with Crippen LogP contribution in [0.1, 0.15) is 6.92 Å². The summed E-state index contributed by atoms with van der Waals surface area (Å²) in [6, 6.07) is 4.82. The van der Waals surface area contributed by atoms with Crippen LogP contribution in [0.5, 0.6) is 0 Å². The zero-order chi connectivity index (χ0) is 17.1. The topological polar surface area (TPSA) is 93.5 Å². The minimum atomic E-state index is -0.454. The number of amides is 2. The van der Waals surface area contributed by atoms with E-state index >= 15 is 0 Å². The van der Waals surface area contributed by atoms with E-state index in [0.29, 0.717) is 38.4 Å². The number of carbonyl (C=O) groups is 2. The Morgan fingerprint density at radius 1 is 1.50 bits per heavy atom. The lowest BCUT2D eigenvalue weighted by molar-refractivity contribution is -0.138. The van der Waals surface area contributed by atoms with Crippen molar-refractivity contribution in [1.82, 2.24) is 15.6 Å². The van der Waals surface area contributed by atoms with Crippen LogP contribution in [0.25, 0.3) is 11.1 Å². The normalized spacial score (nSPS) is 14.5. The van der Waals surface area contributed by atoms with E-state index in [1.807, 2.05) is 0 Å². The van der Waals surface area contributed by atoms with Gasteiger partial charge in [-0.3, -0.25) is 0 Å². The molecule has 1 aliphatic heterocycles. The maximum atomic E-state index is 12.0. The zero-order valence-corrected chi connectivity index (χ0v) is 14.3. The van der Waals surface area contributed by atoms with Crippen molar-refractivity contribution in [1.29, 1.82) is 0 Å². The van der Waals surface area contributed by atoms with E-state index in [1.165, 1.54) is 11.8 Å². The monoisotopic (exact) mass is 367 g/mol. The molecule has 1 aromatic carbocycles. The molecule has 2 N–H and O–H groups in total. The minimum absolute atomic E-state index is 0.129. The first kappa shape index (κ1) is 16.7. The van der Waals surface area contributed by atoms with Gasteiger partial charge in [-0.05, 0) is 19.1 Å². The summed E-state index contributed by atoms with van der Waals surface area (Å²) in [7, 11) is 0. The van der Waals surface area contributed by atoms with Crippen molar-refractivity contribution in [3.05, 3.63) is 34.5 Å². The lowest BCUT2D eigenvalue weighted by atomic mass is 10.2. The van der Waals surface area contributed by atoms with Crippen LogP contribution in [0, 0.1) is 0 Å². The highest BCUT2D eigenvalue weighted by Gasteiger charge is 2.24. The Kier molecular flexibility index (Phi) is 4.96. The summed E-state index contributed by atoms with van der Waals surface area (Å²) in [5.41, 5.74) is 2.15. The van der Waals surface area contributed by atoms with Crippen LogP contribution in [-0.4, -0.2) is 35.9 Å². The molecule has 0 saturated carbocycles. The van der Waals surface area contributed by atoms with Crippen molar-refractivity contribution < 1.29 is 18.7 Å². The summed E-state index contributed by atoms with van der Waals surface area (Å²) in [4.78, 5) is 27.8. The predicted molar refractivity (Wildman–Crippen MR) is 89.9 cm³/mol. The van der Waals surface area contributed by atoms with Crippen LogP contribution in [-0.2, 0) is 9.53 Å². The Hall–Kier alpha value is -2.19. The smallest absolute Gasteiger partial charge is 0.337 e. The van der Waals surface area contributed by atoms with E-state index in [-0.39, 0.29) is 19.2 Å². The Morgan fingerprint density at radius 2 is 2.33 bits per heavy atom. The number of benzene rings is 1. The summed E-state index contributed by atoms with van der Waals surface area (Å²) in [5.74, 6) is -0.132. The number of hydrogen-bond donors (Lipinski definition) is 2. The average Bonchev–Trinajstić information content (AvgIpc) is 2.95. The molecule has 7 nitrogen and oxygen atoms in total. The van der Waals surface area contributed by atoms with Gasteiger partial charge in [0.1, 0.15) is 5.52 Å². The van der Waals surface area contributed by atoms with Gasteiger partial charge in [-0.2, -0.15) is 0 Å². The van der Waals surface area contributed by atoms with Gasteiger partial charge in [-0.15, -0.1) is 0 Å². The van der Waals surface area contributed by atoms with Gasteiger partial charge < -0.3 is 19.8 Å². The van der Waals surface area contributed by atoms with E-state index in [2.05, 4.69) is 15.6 Å². The second kappa shape index (κ2) is 7.14. The Balaban J connectivity index is 1.78. The fourth-order valence-electron chi connectivity index (χ4n) is 2.14. The number of carbonyl (C=O) groups excluding carboxylic acids is 2. The van der Waals surface area contributed by atoms with E-state index in [1.54, 1.807) is 25.1 Å². The molecule has 126 valence electrons. The number of nitrogens with one attached hydrogen (secondary N) is 2. The standard InChI is InChI=1S/C15H14ClN3O4S/c1-2-22-13(20)9-6-17-14(21)18-11(9)7-24-15-19-10-4-3-8(16)5-12(10)23-15/h3-5H,2,6-7H2,1H3,(H2,17,18,21). The molecule has 0 bridgehead atoms. The zero-order valence-electron chi connectivity index (χ0n) is 12.7. The molecule has 1 aromatic heterocycles. The van der Waals surface area contributed by atoms with Gasteiger partial charge >= 0.3 is 12.0 Å². The van der Waals surface area contributed by atoms with Crippen LogP contribution in [0.15, 0.2) is 39.1 Å². The van der Waals surface area contributed by atoms with Crippen molar-refractivity contribution in [3.8, 4) is 0 Å². The number of oxazole rings is 1. The first-order valence-electron chi connectivity index (χ1n) is 7.19. The number of nitrogens with zero attached hydrogens (tertiary/aromatic N) is 1. The number of hydrogen-bond acceptors (Lipinski definition) is 6. The van der Waals surface area contributed by atoms with Gasteiger partial charge in [0, 0.05) is 22.5 Å². The van der Waals surface area contributed by atoms with Crippen LogP contribution >= 0.6 is 23.4 Å². The number of ether oxygens (including phenoxy) is 1. The highest BCUT2D eigenvalue weighted by molar-refractivity contribution is 7.99. The molecule has 3 rings (SSSR count). The molecule has 2 heterocycles. The Labute approximate surface area is 146 Å². The lowest BCUT2D eigenvalue weighted by Crippen LogP contribution is -2.44. The SMILES string of the molecule is CCOC(=O)C1=C(CSc2nc3ccc(Cl)cc3o2)NC(=O)NC1. The molecule has 9 heteroatoms. The van der Waals surface area contributed by atoms with Gasteiger partial charge in [-0.25, -0.2) is 14.6 Å². The number of aromatic nitrogens is 1. The third-order valence-corrected chi connectivity index (χ3v) is 4.34. The van der Waals surface area contributed by atoms with Crippen molar-refractivity contribution in [3.63, 3.8) is 0 Å². The summed E-state index contributed by atoms with van der Waals surface area (Å²) >= 11 is 7.19. The first-order chi connectivity index (χ1) is 11.6. The highest BCUT2D eigenvalue weighted by atomic mass is 35.5. The largest absolute Gasteiger partial charge is 0.463 e. The number of thioether (sulfide) groups is 1. The lowest BCUT2D eigenvalue weighted by Gasteiger charge is -2.20. The molecular formula is C15H14ClN3O4S. The molecule has 0 saturated heterocycles. The van der Waals surface area contributed by atoms with Gasteiger partial charge in [0.15, 0.2) is 5.58 Å². The maximum Gasteiger partial charge on any atom is 0.337 e. The van der Waals surface area contributed by atoms with Crippen LogP contribution in [0.3, 0.4) is 0 Å². The van der Waals surface area contributed by atoms with Gasteiger partial charge in [0.25, 0.3) is 5.22 Å². The van der Waals surface area contributed by atoms with E-state index in [4.69, 9.17) is 20.8 Å². The molecule has 2 aromatic rings. The molecule has 24 heavy (non-hydrogen) atoms. The van der Waals surface area contributed by atoms with E-state index in [0.717, 1.165) is 0 Å². The minimum Gasteiger partial charge on any atom is -0.463 e. The molecule has 0 aliphatic carbocycles. The summed E-state index contributed by atoms with van der Waals surface area (Å²) in [6.45, 7) is 2.12. The molecule has 0 atom stereocenters. The molecule has 0 radical (unpaired) electrons. The number of fused-ring (bicyclic) bond motifs is 1. The van der Waals surface area contributed by atoms with Crippen molar-refractivity contribution in [2.45, 2.75) is 12.1 Å². The van der Waals surface area contributed by atoms with Crippen molar-refractivity contribution in [2.24, 2.45) is 0 Å². The quantitative estimate of drug-likeness (QED) is 0.623. The molecule has 0 fully saturated rings. The summed E-state index contributed by atoms with van der Waals surface area (Å²) in [6.07, 6.45) is 0. The van der Waals surface area contributed by atoms with Crippen LogP contribution in [0.4, 0.5) is 4.79 Å². The van der Waals surface area contributed by atoms with E-state index < -0.39 is 5.97 Å². The fourth-order valence-corrected chi connectivity index (χ4v) is 3.13. The number of halogens is 1. The molecule has 1 aliphatic rings. The van der Waals surface area contributed by atoms with Gasteiger partial charge in [0.05, 0.1) is 18.7 Å². The number of esters is 1. The highest BCUT2D eigenvalue weighted by Crippen LogP contribution is 2.27. The molecule has 2 amide bonds. The second-order valence-corrected chi connectivity index (χ2v) is 6.23. The van der Waals surface area contributed by atoms with Crippen LogP contribution in [0.2, 0.25) is 5.02 Å². The van der Waals surface area contributed by atoms with E-state index in [9.17, 15) is 9.59 Å².